The van der Waals surface area contributed by atoms with Gasteiger partial charge in [-0.1, -0.05) is 17.7 Å². The number of anilines is 1. The summed E-state index contributed by atoms with van der Waals surface area (Å²) in [5.74, 6) is -1.04. The van der Waals surface area contributed by atoms with E-state index >= 15 is 0 Å². The summed E-state index contributed by atoms with van der Waals surface area (Å²) < 4.78 is 57.2. The fraction of sp³-hybridized carbons (Fsp3) is 0.0476. The van der Waals surface area contributed by atoms with Crippen LogP contribution in [0.15, 0.2) is 64.6 Å². The van der Waals surface area contributed by atoms with Crippen molar-refractivity contribution in [2.45, 2.75) is 6.18 Å². The molecule has 4 nitrogen and oxygen atoms in total. The Bertz CT molecular complexity index is 1180. The van der Waals surface area contributed by atoms with Crippen LogP contribution < -0.4 is 5.32 Å². The number of carbonyl (C=O) groups excluding carboxylic acids is 1. The minimum Gasteiger partial charge on any atom is -0.457 e. The van der Waals surface area contributed by atoms with E-state index in [2.05, 4.69) is 5.32 Å². The number of nitriles is 1. The zero-order chi connectivity index (χ0) is 21.9. The minimum atomic E-state index is -4.57. The molecule has 0 atom stereocenters. The SMILES string of the molecule is N#C/C(=C\c1ccc(-c2ccc(F)c(Cl)c2)o1)C(=O)Nc1cccc(C(F)(F)F)c1. The summed E-state index contributed by atoms with van der Waals surface area (Å²) in [5, 5.41) is 11.4. The van der Waals surface area contributed by atoms with Crippen LogP contribution in [-0.2, 0) is 11.0 Å². The number of hydrogen-bond acceptors (Lipinski definition) is 3. The molecule has 30 heavy (non-hydrogen) atoms. The van der Waals surface area contributed by atoms with Gasteiger partial charge in [0.2, 0.25) is 0 Å². The lowest BCUT2D eigenvalue weighted by molar-refractivity contribution is -0.137. The number of rotatable bonds is 4. The molecule has 0 aliphatic heterocycles. The average molecular weight is 435 g/mol. The number of furan rings is 1. The summed E-state index contributed by atoms with van der Waals surface area (Å²) in [6.45, 7) is 0. The third-order valence-electron chi connectivity index (χ3n) is 3.93. The number of nitrogens with one attached hydrogen (secondary N) is 1. The van der Waals surface area contributed by atoms with E-state index in [-0.39, 0.29) is 22.0 Å². The minimum absolute atomic E-state index is 0.0980. The van der Waals surface area contributed by atoms with Crippen molar-refractivity contribution >= 4 is 29.3 Å². The lowest BCUT2D eigenvalue weighted by atomic mass is 10.1. The first kappa shape index (κ1) is 21.1. The Morgan fingerprint density at radius 2 is 1.90 bits per heavy atom. The third kappa shape index (κ3) is 4.88. The molecule has 3 rings (SSSR count). The van der Waals surface area contributed by atoms with E-state index in [1.54, 1.807) is 6.07 Å². The molecular formula is C21H11ClF4N2O2. The standard InChI is InChI=1S/C21H11ClF4N2O2/c22-17-9-12(4-6-18(17)23)19-7-5-16(30-19)8-13(11-27)20(29)28-15-3-1-2-14(10-15)21(24,25)26/h1-10H,(H,28,29)/b13-8+. The third-order valence-corrected chi connectivity index (χ3v) is 4.22. The largest absolute Gasteiger partial charge is 0.457 e. The van der Waals surface area contributed by atoms with Crippen molar-refractivity contribution in [2.24, 2.45) is 0 Å². The van der Waals surface area contributed by atoms with Gasteiger partial charge in [-0.2, -0.15) is 18.4 Å². The van der Waals surface area contributed by atoms with E-state index in [9.17, 15) is 27.6 Å². The Kier molecular flexibility index (Phi) is 5.94. The number of benzene rings is 2. The van der Waals surface area contributed by atoms with Gasteiger partial charge in [0.05, 0.1) is 10.6 Å². The molecule has 3 aromatic rings. The zero-order valence-corrected chi connectivity index (χ0v) is 15.7. The summed E-state index contributed by atoms with van der Waals surface area (Å²) in [6, 6.07) is 12.7. The molecule has 0 aliphatic rings. The molecule has 0 saturated heterocycles. The number of nitrogens with zero attached hydrogens (tertiary/aromatic N) is 1. The molecule has 1 heterocycles. The van der Waals surface area contributed by atoms with Gasteiger partial charge in [0.25, 0.3) is 5.91 Å². The first-order chi connectivity index (χ1) is 14.2. The molecule has 2 aromatic carbocycles. The molecule has 0 aliphatic carbocycles. The van der Waals surface area contributed by atoms with Crippen molar-refractivity contribution in [1.29, 1.82) is 5.26 Å². The van der Waals surface area contributed by atoms with Gasteiger partial charge >= 0.3 is 6.18 Å². The van der Waals surface area contributed by atoms with E-state index < -0.39 is 23.5 Å². The predicted molar refractivity (Wildman–Crippen MR) is 103 cm³/mol. The van der Waals surface area contributed by atoms with E-state index in [1.807, 2.05) is 0 Å². The van der Waals surface area contributed by atoms with Crippen molar-refractivity contribution < 1.29 is 26.8 Å². The van der Waals surface area contributed by atoms with Gasteiger partial charge in [-0.15, -0.1) is 0 Å². The van der Waals surface area contributed by atoms with Crippen LogP contribution in [0.3, 0.4) is 0 Å². The zero-order valence-electron chi connectivity index (χ0n) is 14.9. The van der Waals surface area contributed by atoms with Crippen LogP contribution in [0.25, 0.3) is 17.4 Å². The maximum atomic E-state index is 13.3. The Balaban J connectivity index is 1.81. The van der Waals surface area contributed by atoms with Gasteiger partial charge in [0.15, 0.2) is 0 Å². The fourth-order valence-corrected chi connectivity index (χ4v) is 2.68. The van der Waals surface area contributed by atoms with Crippen molar-refractivity contribution in [1.82, 2.24) is 0 Å². The molecule has 9 heteroatoms. The van der Waals surface area contributed by atoms with Crippen molar-refractivity contribution in [2.75, 3.05) is 5.32 Å². The highest BCUT2D eigenvalue weighted by atomic mass is 35.5. The molecule has 0 fully saturated rings. The van der Waals surface area contributed by atoms with Crippen LogP contribution in [0.1, 0.15) is 11.3 Å². The average Bonchev–Trinajstić information content (AvgIpc) is 3.16. The number of halogens is 5. The Morgan fingerprint density at radius 3 is 2.57 bits per heavy atom. The van der Waals surface area contributed by atoms with Crippen LogP contribution in [0.2, 0.25) is 5.02 Å². The molecular weight excluding hydrogens is 424 g/mol. The van der Waals surface area contributed by atoms with Gasteiger partial charge in [0, 0.05) is 17.3 Å². The van der Waals surface area contributed by atoms with Crippen LogP contribution in [0.4, 0.5) is 23.2 Å². The van der Waals surface area contributed by atoms with Gasteiger partial charge in [-0.05, 0) is 48.5 Å². The van der Waals surface area contributed by atoms with Crippen molar-refractivity contribution in [3.63, 3.8) is 0 Å². The van der Waals surface area contributed by atoms with E-state index in [1.165, 1.54) is 36.4 Å². The van der Waals surface area contributed by atoms with Crippen molar-refractivity contribution in [3.05, 3.63) is 82.3 Å². The van der Waals surface area contributed by atoms with E-state index in [0.29, 0.717) is 11.3 Å². The maximum absolute atomic E-state index is 13.3. The summed E-state index contributed by atoms with van der Waals surface area (Å²) in [6.07, 6.45) is -3.43. The first-order valence-corrected chi connectivity index (χ1v) is 8.71. The second-order valence-corrected chi connectivity index (χ2v) is 6.44. The highest BCUT2D eigenvalue weighted by molar-refractivity contribution is 6.31. The number of hydrogen-bond donors (Lipinski definition) is 1. The smallest absolute Gasteiger partial charge is 0.416 e. The molecule has 1 amide bonds. The second kappa shape index (κ2) is 8.43. The van der Waals surface area contributed by atoms with Crippen molar-refractivity contribution in [3.8, 4) is 17.4 Å². The number of carbonyl (C=O) groups is 1. The second-order valence-electron chi connectivity index (χ2n) is 6.03. The first-order valence-electron chi connectivity index (χ1n) is 8.33. The highest BCUT2D eigenvalue weighted by Gasteiger charge is 2.30. The molecule has 0 saturated carbocycles. The van der Waals surface area contributed by atoms with Gasteiger partial charge in [-0.25, -0.2) is 4.39 Å². The fourth-order valence-electron chi connectivity index (χ4n) is 2.50. The predicted octanol–water partition coefficient (Wildman–Crippen LogP) is 6.30. The number of alkyl halides is 3. The molecule has 0 radical (unpaired) electrons. The molecule has 152 valence electrons. The Morgan fingerprint density at radius 1 is 1.13 bits per heavy atom. The quantitative estimate of drug-likeness (QED) is 0.297. The van der Waals surface area contributed by atoms with Crippen LogP contribution in [0.5, 0.6) is 0 Å². The summed E-state index contributed by atoms with van der Waals surface area (Å²) in [7, 11) is 0. The summed E-state index contributed by atoms with van der Waals surface area (Å²) >= 11 is 5.74. The van der Waals surface area contributed by atoms with E-state index in [4.69, 9.17) is 16.0 Å². The molecule has 0 bridgehead atoms. The lowest BCUT2D eigenvalue weighted by Crippen LogP contribution is -2.14. The highest BCUT2D eigenvalue weighted by Crippen LogP contribution is 2.31. The Hall–Kier alpha value is -3.57. The lowest BCUT2D eigenvalue weighted by Gasteiger charge is -2.09. The maximum Gasteiger partial charge on any atom is 0.416 e. The van der Waals surface area contributed by atoms with Crippen LogP contribution >= 0.6 is 11.6 Å². The monoisotopic (exact) mass is 434 g/mol. The number of amides is 1. The van der Waals surface area contributed by atoms with Gasteiger partial charge in [-0.3, -0.25) is 4.79 Å². The summed E-state index contributed by atoms with van der Waals surface area (Å²) in [5.41, 5.74) is -0.952. The van der Waals surface area contributed by atoms with Gasteiger partial charge in [0.1, 0.15) is 29.0 Å². The molecule has 0 spiro atoms. The van der Waals surface area contributed by atoms with E-state index in [0.717, 1.165) is 24.3 Å². The Labute approximate surface area is 173 Å². The van der Waals surface area contributed by atoms with Crippen LogP contribution in [-0.4, -0.2) is 5.91 Å². The van der Waals surface area contributed by atoms with Crippen LogP contribution in [0, 0.1) is 17.1 Å². The normalized spacial score (nSPS) is 11.8. The summed E-state index contributed by atoms with van der Waals surface area (Å²) in [4.78, 5) is 12.3. The van der Waals surface area contributed by atoms with Gasteiger partial charge < -0.3 is 9.73 Å². The topological polar surface area (TPSA) is 66.0 Å². The molecule has 1 N–H and O–H groups in total. The molecule has 0 unspecified atom stereocenters. The molecule has 1 aromatic heterocycles.